The fraction of sp³-hybridized carbons (Fsp3) is 0.526. The molecule has 0 spiro atoms. The van der Waals surface area contributed by atoms with E-state index in [1.807, 2.05) is 17.9 Å². The van der Waals surface area contributed by atoms with Gasteiger partial charge in [-0.05, 0) is 38.4 Å². The van der Waals surface area contributed by atoms with Gasteiger partial charge in [0.15, 0.2) is 0 Å². The van der Waals surface area contributed by atoms with Gasteiger partial charge in [-0.3, -0.25) is 9.58 Å². The lowest BCUT2D eigenvalue weighted by Crippen LogP contribution is -2.46. The van der Waals surface area contributed by atoms with E-state index < -0.39 is 0 Å². The lowest BCUT2D eigenvalue weighted by Gasteiger charge is -2.37. The van der Waals surface area contributed by atoms with E-state index in [1.165, 1.54) is 37.1 Å². The topological polar surface area (TPSA) is 24.3 Å². The van der Waals surface area contributed by atoms with Crippen LogP contribution >= 0.6 is 0 Å². The SMILES string of the molecule is CN(CCc1ccccc1)C1CCCN(Cc2cnn(C)c2)C1. The molecular weight excluding hydrogens is 284 g/mol. The number of hydrogen-bond donors (Lipinski definition) is 0. The fourth-order valence-electron chi connectivity index (χ4n) is 3.48. The molecule has 1 aromatic heterocycles. The molecule has 1 saturated heterocycles. The Balaban J connectivity index is 1.49. The van der Waals surface area contributed by atoms with Crippen molar-refractivity contribution in [1.29, 1.82) is 0 Å². The third-order valence-electron chi connectivity index (χ3n) is 4.86. The monoisotopic (exact) mass is 312 g/mol. The Hall–Kier alpha value is -1.65. The van der Waals surface area contributed by atoms with Crippen LogP contribution in [0.2, 0.25) is 0 Å². The average Bonchev–Trinajstić information content (AvgIpc) is 2.99. The summed E-state index contributed by atoms with van der Waals surface area (Å²) in [5.41, 5.74) is 2.75. The van der Waals surface area contributed by atoms with Crippen LogP contribution in [0.15, 0.2) is 42.7 Å². The van der Waals surface area contributed by atoms with Crippen molar-refractivity contribution in [2.24, 2.45) is 7.05 Å². The fourth-order valence-corrected chi connectivity index (χ4v) is 3.48. The highest BCUT2D eigenvalue weighted by molar-refractivity contribution is 5.14. The van der Waals surface area contributed by atoms with E-state index in [0.29, 0.717) is 6.04 Å². The zero-order valence-corrected chi connectivity index (χ0v) is 14.4. The molecule has 3 rings (SSSR count). The van der Waals surface area contributed by atoms with Gasteiger partial charge in [0.05, 0.1) is 6.20 Å². The lowest BCUT2D eigenvalue weighted by atomic mass is 10.0. The highest BCUT2D eigenvalue weighted by Gasteiger charge is 2.23. The smallest absolute Gasteiger partial charge is 0.0534 e. The minimum absolute atomic E-state index is 0.670. The summed E-state index contributed by atoms with van der Waals surface area (Å²) in [6.07, 6.45) is 7.86. The molecule has 0 radical (unpaired) electrons. The summed E-state index contributed by atoms with van der Waals surface area (Å²) in [4.78, 5) is 5.12. The molecule has 1 aliphatic rings. The van der Waals surface area contributed by atoms with Crippen LogP contribution < -0.4 is 0 Å². The molecule has 0 amide bonds. The predicted molar refractivity (Wildman–Crippen MR) is 94.3 cm³/mol. The number of hydrogen-bond acceptors (Lipinski definition) is 3. The van der Waals surface area contributed by atoms with E-state index in [9.17, 15) is 0 Å². The molecule has 0 N–H and O–H groups in total. The van der Waals surface area contributed by atoms with E-state index in [0.717, 1.165) is 19.5 Å². The Labute approximate surface area is 139 Å². The van der Waals surface area contributed by atoms with Crippen molar-refractivity contribution in [3.63, 3.8) is 0 Å². The number of aryl methyl sites for hydroxylation is 1. The first-order chi connectivity index (χ1) is 11.2. The first-order valence-electron chi connectivity index (χ1n) is 8.65. The van der Waals surface area contributed by atoms with Crippen LogP contribution in [0.25, 0.3) is 0 Å². The van der Waals surface area contributed by atoms with E-state index in [1.54, 1.807) is 0 Å². The highest BCUT2D eigenvalue weighted by atomic mass is 15.3. The van der Waals surface area contributed by atoms with E-state index in [2.05, 4.69) is 58.5 Å². The van der Waals surface area contributed by atoms with Gasteiger partial charge in [0, 0.05) is 44.5 Å². The van der Waals surface area contributed by atoms with Crippen LogP contribution in [-0.2, 0) is 20.0 Å². The van der Waals surface area contributed by atoms with E-state index in [-0.39, 0.29) is 0 Å². The van der Waals surface area contributed by atoms with E-state index in [4.69, 9.17) is 0 Å². The van der Waals surface area contributed by atoms with Crippen LogP contribution in [0, 0.1) is 0 Å². The van der Waals surface area contributed by atoms with Crippen LogP contribution in [-0.4, -0.2) is 52.3 Å². The lowest BCUT2D eigenvalue weighted by molar-refractivity contribution is 0.112. The van der Waals surface area contributed by atoms with Crippen molar-refractivity contribution in [3.05, 3.63) is 53.9 Å². The minimum Gasteiger partial charge on any atom is -0.302 e. The Morgan fingerprint density at radius 1 is 1.22 bits per heavy atom. The van der Waals surface area contributed by atoms with Gasteiger partial charge < -0.3 is 4.90 Å². The zero-order valence-electron chi connectivity index (χ0n) is 14.4. The third-order valence-corrected chi connectivity index (χ3v) is 4.86. The van der Waals surface area contributed by atoms with Crippen LogP contribution in [0.4, 0.5) is 0 Å². The van der Waals surface area contributed by atoms with Crippen molar-refractivity contribution in [2.75, 3.05) is 26.7 Å². The first kappa shape index (κ1) is 16.2. The van der Waals surface area contributed by atoms with Gasteiger partial charge in [0.2, 0.25) is 0 Å². The number of nitrogens with zero attached hydrogens (tertiary/aromatic N) is 4. The number of aromatic nitrogens is 2. The summed E-state index contributed by atoms with van der Waals surface area (Å²) in [6.45, 7) is 4.53. The Kier molecular flexibility index (Phi) is 5.47. The molecular formula is C19H28N4. The molecule has 1 aliphatic heterocycles. The predicted octanol–water partition coefficient (Wildman–Crippen LogP) is 2.56. The molecule has 4 heteroatoms. The Morgan fingerprint density at radius 3 is 2.78 bits per heavy atom. The van der Waals surface area contributed by atoms with Crippen LogP contribution in [0.1, 0.15) is 24.0 Å². The second kappa shape index (κ2) is 7.75. The number of piperidine rings is 1. The molecule has 4 nitrogen and oxygen atoms in total. The van der Waals surface area contributed by atoms with Gasteiger partial charge in [-0.15, -0.1) is 0 Å². The maximum absolute atomic E-state index is 4.28. The average molecular weight is 312 g/mol. The van der Waals surface area contributed by atoms with Gasteiger partial charge in [0.1, 0.15) is 0 Å². The number of benzene rings is 1. The Morgan fingerprint density at radius 2 is 2.04 bits per heavy atom. The summed E-state index contributed by atoms with van der Waals surface area (Å²) < 4.78 is 1.89. The summed E-state index contributed by atoms with van der Waals surface area (Å²) >= 11 is 0. The second-order valence-corrected chi connectivity index (χ2v) is 6.77. The van der Waals surface area contributed by atoms with Crippen molar-refractivity contribution >= 4 is 0 Å². The molecule has 2 aromatic rings. The molecule has 2 heterocycles. The van der Waals surface area contributed by atoms with Crippen LogP contribution in [0.5, 0.6) is 0 Å². The second-order valence-electron chi connectivity index (χ2n) is 6.77. The molecule has 1 aromatic carbocycles. The summed E-state index contributed by atoms with van der Waals surface area (Å²) in [5, 5.41) is 4.28. The largest absolute Gasteiger partial charge is 0.302 e. The molecule has 1 fully saturated rings. The maximum Gasteiger partial charge on any atom is 0.0534 e. The quantitative estimate of drug-likeness (QED) is 0.819. The van der Waals surface area contributed by atoms with Crippen molar-refractivity contribution < 1.29 is 0 Å². The number of rotatable bonds is 6. The number of likely N-dealkylation sites (tertiary alicyclic amines) is 1. The van der Waals surface area contributed by atoms with Gasteiger partial charge in [-0.1, -0.05) is 30.3 Å². The summed E-state index contributed by atoms with van der Waals surface area (Å²) in [5.74, 6) is 0. The van der Waals surface area contributed by atoms with Gasteiger partial charge in [0.25, 0.3) is 0 Å². The summed E-state index contributed by atoms with van der Waals surface area (Å²) in [6, 6.07) is 11.5. The zero-order chi connectivity index (χ0) is 16.1. The van der Waals surface area contributed by atoms with Crippen LogP contribution in [0.3, 0.4) is 0 Å². The minimum atomic E-state index is 0.670. The molecule has 23 heavy (non-hydrogen) atoms. The van der Waals surface area contributed by atoms with Crippen molar-refractivity contribution in [3.8, 4) is 0 Å². The molecule has 0 bridgehead atoms. The molecule has 0 aliphatic carbocycles. The van der Waals surface area contributed by atoms with Gasteiger partial charge >= 0.3 is 0 Å². The molecule has 0 saturated carbocycles. The molecule has 1 unspecified atom stereocenters. The summed E-state index contributed by atoms with van der Waals surface area (Å²) in [7, 11) is 4.26. The standard InChI is InChI=1S/C19H28N4/c1-21(12-10-17-7-4-3-5-8-17)19-9-6-11-23(16-19)15-18-13-20-22(2)14-18/h3-5,7-8,13-14,19H,6,9-12,15-16H2,1-2H3. The van der Waals surface area contributed by atoms with Crippen molar-refractivity contribution in [1.82, 2.24) is 19.6 Å². The molecule has 1 atom stereocenters. The number of likely N-dealkylation sites (N-methyl/N-ethyl adjacent to an activating group) is 1. The normalized spacial score (nSPS) is 19.3. The third kappa shape index (κ3) is 4.66. The maximum atomic E-state index is 4.28. The Bertz CT molecular complexity index is 592. The first-order valence-corrected chi connectivity index (χ1v) is 8.65. The highest BCUT2D eigenvalue weighted by Crippen LogP contribution is 2.17. The van der Waals surface area contributed by atoms with E-state index >= 15 is 0 Å². The van der Waals surface area contributed by atoms with Gasteiger partial charge in [-0.2, -0.15) is 5.10 Å². The molecule has 124 valence electrons. The van der Waals surface area contributed by atoms with Gasteiger partial charge in [-0.25, -0.2) is 0 Å². The van der Waals surface area contributed by atoms with Crippen molar-refractivity contribution in [2.45, 2.75) is 31.8 Å².